The van der Waals surface area contributed by atoms with Crippen LogP contribution in [-0.2, 0) is 17.8 Å². The van der Waals surface area contributed by atoms with Gasteiger partial charge < -0.3 is 9.80 Å². The van der Waals surface area contributed by atoms with Crippen molar-refractivity contribution in [1.29, 1.82) is 0 Å². The van der Waals surface area contributed by atoms with Crippen LogP contribution >= 0.6 is 0 Å². The van der Waals surface area contributed by atoms with Gasteiger partial charge in [0.1, 0.15) is 0 Å². The van der Waals surface area contributed by atoms with E-state index < -0.39 is 24.9 Å². The molecule has 7 nitrogen and oxygen atoms in total. The molecule has 0 aliphatic carbocycles. The number of carbonyl (C=O) groups excluding carboxylic acids is 2. The van der Waals surface area contributed by atoms with Gasteiger partial charge in [-0.3, -0.25) is 9.59 Å². The Hall–Kier alpha value is -2.84. The van der Waals surface area contributed by atoms with Crippen LogP contribution < -0.4 is 0 Å². The van der Waals surface area contributed by atoms with Crippen molar-refractivity contribution in [2.45, 2.75) is 51.1 Å². The second-order valence-electron chi connectivity index (χ2n) is 8.22. The molecule has 2 aromatic rings. The van der Waals surface area contributed by atoms with Crippen LogP contribution in [0.3, 0.4) is 0 Å². The van der Waals surface area contributed by atoms with Crippen molar-refractivity contribution in [3.05, 3.63) is 47.3 Å². The smallest absolute Gasteiger partial charge is 0.276 e. The molecule has 30 heavy (non-hydrogen) atoms. The Bertz CT molecular complexity index is 922. The summed E-state index contributed by atoms with van der Waals surface area (Å²) >= 11 is 0. The molecule has 0 bridgehead atoms. The Kier molecular flexibility index (Phi) is 5.53. The highest BCUT2D eigenvalue weighted by atomic mass is 19.3. The van der Waals surface area contributed by atoms with Crippen molar-refractivity contribution in [3.63, 3.8) is 0 Å². The molecule has 9 heteroatoms. The van der Waals surface area contributed by atoms with Gasteiger partial charge in [-0.2, -0.15) is 0 Å². The van der Waals surface area contributed by atoms with Crippen LogP contribution in [0, 0.1) is 6.92 Å². The topological polar surface area (TPSA) is 71.3 Å². The molecule has 1 atom stereocenters. The summed E-state index contributed by atoms with van der Waals surface area (Å²) in [5.41, 5.74) is 2.07. The summed E-state index contributed by atoms with van der Waals surface area (Å²) in [5.74, 6) is -3.47. The Morgan fingerprint density at radius 3 is 2.57 bits per heavy atom. The maximum atomic E-state index is 14.1. The van der Waals surface area contributed by atoms with Gasteiger partial charge in [0.05, 0.1) is 31.7 Å². The van der Waals surface area contributed by atoms with Gasteiger partial charge in [-0.1, -0.05) is 35.0 Å². The fourth-order valence-electron chi connectivity index (χ4n) is 4.12. The molecule has 2 saturated heterocycles. The van der Waals surface area contributed by atoms with Gasteiger partial charge in [-0.15, -0.1) is 5.10 Å². The molecule has 1 aromatic heterocycles. The van der Waals surface area contributed by atoms with Crippen LogP contribution in [-0.4, -0.2) is 68.2 Å². The van der Waals surface area contributed by atoms with Crippen LogP contribution in [0.2, 0.25) is 0 Å². The summed E-state index contributed by atoms with van der Waals surface area (Å²) in [5, 5.41) is 7.86. The molecule has 0 spiro atoms. The van der Waals surface area contributed by atoms with Gasteiger partial charge in [0, 0.05) is 19.5 Å². The molecular weight excluding hydrogens is 392 g/mol. The van der Waals surface area contributed by atoms with E-state index in [9.17, 15) is 18.4 Å². The lowest BCUT2D eigenvalue weighted by Gasteiger charge is -2.24. The lowest BCUT2D eigenvalue weighted by Crippen LogP contribution is -2.39. The van der Waals surface area contributed by atoms with Crippen molar-refractivity contribution in [2.24, 2.45) is 0 Å². The molecule has 4 rings (SSSR count). The van der Waals surface area contributed by atoms with Crippen LogP contribution in [0.25, 0.3) is 0 Å². The number of nitrogens with zero attached hydrogens (tertiary/aromatic N) is 5. The molecule has 160 valence electrons. The standard InChI is InChI=1S/C21H25F2N5O2/c1-15-4-6-16(7-5-15)10-19(29)28-14-21(22,23)11-17(28)12-27-13-18(24-25-27)20(30)26-8-2-3-9-26/h4-7,13,17H,2-3,8-12,14H2,1H3/t17-/m0/s1. The maximum absolute atomic E-state index is 14.1. The minimum absolute atomic E-state index is 0.0723. The van der Waals surface area contributed by atoms with E-state index in [2.05, 4.69) is 10.3 Å². The van der Waals surface area contributed by atoms with E-state index >= 15 is 0 Å². The molecule has 2 aliphatic heterocycles. The minimum atomic E-state index is -2.94. The van der Waals surface area contributed by atoms with Gasteiger partial charge in [0.15, 0.2) is 5.69 Å². The SMILES string of the molecule is Cc1ccc(CC(=O)N2CC(F)(F)C[C@H]2Cn2cc(C(=O)N3CCCC3)nn2)cc1. The minimum Gasteiger partial charge on any atom is -0.337 e. The molecule has 3 heterocycles. The zero-order valence-corrected chi connectivity index (χ0v) is 16.9. The van der Waals surface area contributed by atoms with E-state index in [0.29, 0.717) is 13.1 Å². The second kappa shape index (κ2) is 8.12. The number of hydrogen-bond acceptors (Lipinski definition) is 4. The molecule has 0 saturated carbocycles. The van der Waals surface area contributed by atoms with Gasteiger partial charge in [0.2, 0.25) is 5.91 Å². The maximum Gasteiger partial charge on any atom is 0.276 e. The number of aryl methyl sites for hydroxylation is 1. The van der Waals surface area contributed by atoms with Crippen LogP contribution in [0.4, 0.5) is 8.78 Å². The summed E-state index contributed by atoms with van der Waals surface area (Å²) in [4.78, 5) is 28.1. The van der Waals surface area contributed by atoms with E-state index in [-0.39, 0.29) is 30.5 Å². The molecule has 0 N–H and O–H groups in total. The Balaban J connectivity index is 1.44. The van der Waals surface area contributed by atoms with Gasteiger partial charge in [-0.05, 0) is 25.3 Å². The lowest BCUT2D eigenvalue weighted by atomic mass is 10.1. The highest BCUT2D eigenvalue weighted by molar-refractivity contribution is 5.92. The number of halogens is 2. The van der Waals surface area contributed by atoms with Crippen molar-refractivity contribution < 1.29 is 18.4 Å². The largest absolute Gasteiger partial charge is 0.337 e. The summed E-state index contributed by atoms with van der Waals surface area (Å²) < 4.78 is 29.7. The molecule has 1 aromatic carbocycles. The van der Waals surface area contributed by atoms with E-state index in [1.807, 2.05) is 31.2 Å². The molecular formula is C21H25F2N5O2. The number of hydrogen-bond donors (Lipinski definition) is 0. The van der Waals surface area contributed by atoms with E-state index in [1.54, 1.807) is 4.90 Å². The van der Waals surface area contributed by atoms with Crippen molar-refractivity contribution in [2.75, 3.05) is 19.6 Å². The normalized spacial score (nSPS) is 20.7. The average Bonchev–Trinajstić information content (AvgIpc) is 3.43. The van der Waals surface area contributed by atoms with Crippen LogP contribution in [0.1, 0.15) is 40.9 Å². The third-order valence-corrected chi connectivity index (χ3v) is 5.72. The number of carbonyl (C=O) groups is 2. The van der Waals surface area contributed by atoms with Crippen molar-refractivity contribution in [3.8, 4) is 0 Å². The molecule has 0 unspecified atom stereocenters. The Labute approximate surface area is 173 Å². The quantitative estimate of drug-likeness (QED) is 0.749. The van der Waals surface area contributed by atoms with Gasteiger partial charge in [0.25, 0.3) is 11.8 Å². The summed E-state index contributed by atoms with van der Waals surface area (Å²) in [7, 11) is 0. The number of rotatable bonds is 5. The van der Waals surface area contributed by atoms with Crippen LogP contribution in [0.15, 0.2) is 30.5 Å². The first kappa shape index (κ1) is 20.4. The molecule has 0 radical (unpaired) electrons. The predicted molar refractivity (Wildman–Crippen MR) is 105 cm³/mol. The third-order valence-electron chi connectivity index (χ3n) is 5.72. The van der Waals surface area contributed by atoms with Crippen molar-refractivity contribution in [1.82, 2.24) is 24.8 Å². The Morgan fingerprint density at radius 2 is 1.87 bits per heavy atom. The van der Waals surface area contributed by atoms with Gasteiger partial charge >= 0.3 is 0 Å². The number of likely N-dealkylation sites (tertiary alicyclic amines) is 2. The predicted octanol–water partition coefficient (Wildman–Crippen LogP) is 2.30. The monoisotopic (exact) mass is 417 g/mol. The fraction of sp³-hybridized carbons (Fsp3) is 0.524. The van der Waals surface area contributed by atoms with E-state index in [4.69, 9.17) is 0 Å². The zero-order valence-electron chi connectivity index (χ0n) is 16.9. The second-order valence-corrected chi connectivity index (χ2v) is 8.22. The first-order valence-corrected chi connectivity index (χ1v) is 10.2. The number of benzene rings is 1. The van der Waals surface area contributed by atoms with Crippen molar-refractivity contribution >= 4 is 11.8 Å². The number of alkyl halides is 2. The summed E-state index contributed by atoms with van der Waals surface area (Å²) in [6.45, 7) is 2.82. The third kappa shape index (κ3) is 4.49. The summed E-state index contributed by atoms with van der Waals surface area (Å²) in [6.07, 6.45) is 3.06. The van der Waals surface area contributed by atoms with Gasteiger partial charge in [-0.25, -0.2) is 13.5 Å². The fourth-order valence-corrected chi connectivity index (χ4v) is 4.12. The van der Waals surface area contributed by atoms with E-state index in [0.717, 1.165) is 24.0 Å². The average molecular weight is 417 g/mol. The van der Waals surface area contributed by atoms with E-state index in [1.165, 1.54) is 15.8 Å². The molecule has 2 fully saturated rings. The molecule has 2 amide bonds. The first-order valence-electron chi connectivity index (χ1n) is 10.2. The first-order chi connectivity index (χ1) is 14.3. The van der Waals surface area contributed by atoms with Crippen LogP contribution in [0.5, 0.6) is 0 Å². The number of amides is 2. The highest BCUT2D eigenvalue weighted by Crippen LogP contribution is 2.33. The Morgan fingerprint density at radius 1 is 1.17 bits per heavy atom. The molecule has 2 aliphatic rings. The lowest BCUT2D eigenvalue weighted by molar-refractivity contribution is -0.132. The summed E-state index contributed by atoms with van der Waals surface area (Å²) in [6, 6.07) is 6.77. The zero-order chi connectivity index (χ0) is 21.3. The highest BCUT2D eigenvalue weighted by Gasteiger charge is 2.47. The number of aromatic nitrogens is 3.